The van der Waals surface area contributed by atoms with E-state index in [4.69, 9.17) is 25.2 Å². The Morgan fingerprint density at radius 1 is 0.889 bits per heavy atom. The Hall–Kier alpha value is -3.47. The number of rotatable bonds is 11. The minimum Gasteiger partial charge on any atom is -0.508 e. The average Bonchev–Trinajstić information content (AvgIpc) is 2.83. The second-order valence-electron chi connectivity index (χ2n) is 8.72. The molecule has 0 spiro atoms. The zero-order valence-electron chi connectivity index (χ0n) is 20.0. The molecule has 1 fully saturated rings. The number of hydrogen-bond acceptors (Lipinski definition) is 7. The predicted octanol–water partition coefficient (Wildman–Crippen LogP) is 2.54. The van der Waals surface area contributed by atoms with E-state index in [1.165, 1.54) is 24.0 Å². The van der Waals surface area contributed by atoms with Gasteiger partial charge in [-0.2, -0.15) is 0 Å². The average molecular weight is 504 g/mol. The molecule has 1 aliphatic rings. The van der Waals surface area contributed by atoms with Gasteiger partial charge in [0.1, 0.15) is 5.75 Å². The van der Waals surface area contributed by atoms with Gasteiger partial charge in [0.25, 0.3) is 0 Å². The van der Waals surface area contributed by atoms with Crippen LogP contribution in [0, 0.1) is 0 Å². The molecule has 0 saturated carbocycles. The zero-order chi connectivity index (χ0) is 26.6. The molecule has 1 heterocycles. The third-order valence-electron chi connectivity index (χ3n) is 5.90. The molecule has 196 valence electrons. The normalized spacial score (nSPS) is 14.5. The highest BCUT2D eigenvalue weighted by atomic mass is 16.5. The van der Waals surface area contributed by atoms with Gasteiger partial charge >= 0.3 is 17.9 Å². The molecule has 1 aliphatic heterocycles. The van der Waals surface area contributed by atoms with Crippen LogP contribution >= 0.6 is 0 Å². The molecule has 10 heteroatoms. The number of carboxylic acids is 3. The lowest BCUT2D eigenvalue weighted by Gasteiger charge is -2.32. The Balaban J connectivity index is 0.000000302. The molecular formula is C26H33NO9. The summed E-state index contributed by atoms with van der Waals surface area (Å²) in [5.41, 5.74) is -0.154. The third kappa shape index (κ3) is 10.0. The largest absolute Gasteiger partial charge is 0.508 e. The lowest BCUT2D eigenvalue weighted by molar-refractivity contribution is -0.170. The van der Waals surface area contributed by atoms with Crippen LogP contribution in [0.25, 0.3) is 0 Å². The van der Waals surface area contributed by atoms with E-state index in [0.717, 1.165) is 26.2 Å². The summed E-state index contributed by atoms with van der Waals surface area (Å²) < 4.78 is 5.78. The van der Waals surface area contributed by atoms with Crippen molar-refractivity contribution in [3.8, 4) is 5.75 Å². The van der Waals surface area contributed by atoms with Crippen molar-refractivity contribution in [2.45, 2.75) is 43.8 Å². The first kappa shape index (κ1) is 28.8. The predicted molar refractivity (Wildman–Crippen MR) is 130 cm³/mol. The van der Waals surface area contributed by atoms with Gasteiger partial charge in [-0.15, -0.1) is 0 Å². The molecule has 0 radical (unpaired) electrons. The number of benzene rings is 2. The fraction of sp³-hybridized carbons (Fsp3) is 0.423. The molecule has 10 nitrogen and oxygen atoms in total. The molecule has 2 aromatic carbocycles. The zero-order valence-corrected chi connectivity index (χ0v) is 20.0. The van der Waals surface area contributed by atoms with E-state index in [0.29, 0.717) is 18.3 Å². The minimum absolute atomic E-state index is 0.349. The fourth-order valence-electron chi connectivity index (χ4n) is 3.91. The molecule has 0 atom stereocenters. The lowest BCUT2D eigenvalue weighted by Crippen LogP contribution is -2.42. The van der Waals surface area contributed by atoms with E-state index < -0.39 is 36.4 Å². The quantitative estimate of drug-likeness (QED) is 0.288. The standard InChI is InChI=1S/C20H25NO2.C6H8O7/c22-20-8-6-18(7-9-20)19-10-12-21(13-11-19)14-15-23-16-17-4-2-1-3-5-17;7-3(8)1-6(13,5(11)12)2-4(9)10/h1-9,19,22H,10-16H2;13H,1-2H2,(H,7,8)(H,9,10)(H,11,12). The first-order valence-electron chi connectivity index (χ1n) is 11.6. The summed E-state index contributed by atoms with van der Waals surface area (Å²) in [6, 6.07) is 18.0. The summed E-state index contributed by atoms with van der Waals surface area (Å²) in [5.74, 6) is -4.05. The van der Waals surface area contributed by atoms with Crippen molar-refractivity contribution >= 4 is 17.9 Å². The highest BCUT2D eigenvalue weighted by Crippen LogP contribution is 2.28. The molecule has 0 aromatic heterocycles. The first-order valence-corrected chi connectivity index (χ1v) is 11.6. The second-order valence-corrected chi connectivity index (χ2v) is 8.72. The molecule has 3 rings (SSSR count). The number of carbonyl (C=O) groups is 3. The number of phenolic OH excluding ortho intramolecular Hbond substituents is 1. The summed E-state index contributed by atoms with van der Waals surface area (Å²) in [5, 5.41) is 43.2. The maximum absolute atomic E-state index is 10.3. The first-order chi connectivity index (χ1) is 17.1. The van der Waals surface area contributed by atoms with Crippen LogP contribution in [0.3, 0.4) is 0 Å². The number of phenols is 1. The Morgan fingerprint density at radius 3 is 1.94 bits per heavy atom. The van der Waals surface area contributed by atoms with E-state index in [9.17, 15) is 19.5 Å². The molecule has 0 aliphatic carbocycles. The van der Waals surface area contributed by atoms with Crippen molar-refractivity contribution in [1.29, 1.82) is 0 Å². The van der Waals surface area contributed by atoms with E-state index in [-0.39, 0.29) is 0 Å². The number of nitrogens with zero attached hydrogens (tertiary/aromatic N) is 1. The molecule has 1 saturated heterocycles. The van der Waals surface area contributed by atoms with Crippen LogP contribution in [0.5, 0.6) is 5.75 Å². The number of aromatic hydroxyl groups is 1. The summed E-state index contributed by atoms with van der Waals surface area (Å²) >= 11 is 0. The van der Waals surface area contributed by atoms with Crippen molar-refractivity contribution in [2.24, 2.45) is 0 Å². The van der Waals surface area contributed by atoms with Crippen molar-refractivity contribution in [1.82, 2.24) is 4.90 Å². The van der Waals surface area contributed by atoms with E-state index in [1.807, 2.05) is 18.2 Å². The van der Waals surface area contributed by atoms with Gasteiger partial charge in [-0.3, -0.25) is 9.59 Å². The van der Waals surface area contributed by atoms with Crippen molar-refractivity contribution in [3.05, 3.63) is 65.7 Å². The van der Waals surface area contributed by atoms with E-state index in [2.05, 4.69) is 29.2 Å². The van der Waals surface area contributed by atoms with Gasteiger partial charge in [0, 0.05) is 6.54 Å². The van der Waals surface area contributed by atoms with Gasteiger partial charge < -0.3 is 35.2 Å². The molecule has 0 amide bonds. The SMILES string of the molecule is O=C(O)CC(O)(CC(=O)O)C(=O)O.Oc1ccc(C2CCN(CCOCc3ccccc3)CC2)cc1. The van der Waals surface area contributed by atoms with E-state index in [1.54, 1.807) is 12.1 Å². The minimum atomic E-state index is -2.74. The summed E-state index contributed by atoms with van der Waals surface area (Å²) in [4.78, 5) is 33.0. The summed E-state index contributed by atoms with van der Waals surface area (Å²) in [7, 11) is 0. The highest BCUT2D eigenvalue weighted by Gasteiger charge is 2.40. The van der Waals surface area contributed by atoms with Gasteiger partial charge in [0.05, 0.1) is 26.1 Å². The number of carboxylic acid groups (broad SMARTS) is 3. The van der Waals surface area contributed by atoms with Crippen LogP contribution < -0.4 is 0 Å². The molecule has 2 aromatic rings. The van der Waals surface area contributed by atoms with Crippen LogP contribution in [-0.2, 0) is 25.7 Å². The van der Waals surface area contributed by atoms with Crippen molar-refractivity contribution in [3.63, 3.8) is 0 Å². The van der Waals surface area contributed by atoms with Crippen molar-refractivity contribution in [2.75, 3.05) is 26.2 Å². The maximum atomic E-state index is 10.3. The number of aliphatic hydroxyl groups is 1. The Bertz CT molecular complexity index is 955. The van der Waals surface area contributed by atoms with Gasteiger partial charge in [0.15, 0.2) is 5.60 Å². The van der Waals surface area contributed by atoms with E-state index >= 15 is 0 Å². The molecule has 5 N–H and O–H groups in total. The van der Waals surface area contributed by atoms with Crippen LogP contribution in [-0.4, -0.2) is 80.2 Å². The van der Waals surface area contributed by atoms with Crippen LogP contribution in [0.1, 0.15) is 42.7 Å². The van der Waals surface area contributed by atoms with Crippen LogP contribution in [0.4, 0.5) is 0 Å². The summed E-state index contributed by atoms with van der Waals surface area (Å²) in [6.07, 6.45) is 0.0796. The monoisotopic (exact) mass is 503 g/mol. The highest BCUT2D eigenvalue weighted by molar-refractivity contribution is 5.88. The van der Waals surface area contributed by atoms with Gasteiger partial charge in [-0.05, 0) is 55.1 Å². The molecule has 0 bridgehead atoms. The number of likely N-dealkylation sites (tertiary alicyclic amines) is 1. The maximum Gasteiger partial charge on any atom is 0.336 e. The number of hydrogen-bond donors (Lipinski definition) is 5. The lowest BCUT2D eigenvalue weighted by atomic mass is 9.89. The molecule has 36 heavy (non-hydrogen) atoms. The molecule has 0 unspecified atom stereocenters. The number of ether oxygens (including phenoxy) is 1. The topological polar surface area (TPSA) is 165 Å². The van der Waals surface area contributed by atoms with Gasteiger partial charge in [-0.1, -0.05) is 42.5 Å². The Kier molecular flexibility index (Phi) is 11.3. The second kappa shape index (κ2) is 14.2. The molecular weight excluding hydrogens is 470 g/mol. The number of piperidine rings is 1. The Morgan fingerprint density at radius 2 is 1.44 bits per heavy atom. The third-order valence-corrected chi connectivity index (χ3v) is 5.90. The van der Waals surface area contributed by atoms with Gasteiger partial charge in [-0.25, -0.2) is 4.79 Å². The van der Waals surface area contributed by atoms with Crippen molar-refractivity contribution < 1.29 is 44.7 Å². The summed E-state index contributed by atoms with van der Waals surface area (Å²) in [6.45, 7) is 4.75. The fourth-order valence-corrected chi connectivity index (χ4v) is 3.91. The van der Waals surface area contributed by atoms with Gasteiger partial charge in [0.2, 0.25) is 0 Å². The van der Waals surface area contributed by atoms with Crippen LogP contribution in [0.15, 0.2) is 54.6 Å². The smallest absolute Gasteiger partial charge is 0.336 e. The van der Waals surface area contributed by atoms with Crippen LogP contribution in [0.2, 0.25) is 0 Å². The Labute approximate surface area is 209 Å². The number of aliphatic carboxylic acids is 3.